The van der Waals surface area contributed by atoms with Crippen LogP contribution in [0, 0.1) is 18.6 Å². The minimum absolute atomic E-state index is 0.00964. The summed E-state index contributed by atoms with van der Waals surface area (Å²) in [5, 5.41) is 3.93. The van der Waals surface area contributed by atoms with Crippen molar-refractivity contribution in [2.45, 2.75) is 11.8 Å². The van der Waals surface area contributed by atoms with E-state index >= 15 is 4.39 Å². The van der Waals surface area contributed by atoms with Gasteiger partial charge in [-0.2, -0.15) is 0 Å². The molecule has 0 fully saturated rings. The Bertz CT molecular complexity index is 1820. The highest BCUT2D eigenvalue weighted by Gasteiger charge is 2.21. The number of aromatic nitrogens is 2. The Hall–Kier alpha value is -4.51. The Kier molecular flexibility index (Phi) is 6.00. The van der Waals surface area contributed by atoms with Crippen molar-refractivity contribution in [2.75, 3.05) is 11.8 Å². The summed E-state index contributed by atoms with van der Waals surface area (Å²) >= 11 is 0. The molecule has 5 rings (SSSR count). The lowest BCUT2D eigenvalue weighted by Gasteiger charge is -2.17. The van der Waals surface area contributed by atoms with Crippen molar-refractivity contribution in [2.24, 2.45) is 0 Å². The molecule has 37 heavy (non-hydrogen) atoms. The molecule has 11 heteroatoms. The van der Waals surface area contributed by atoms with Crippen LogP contribution in [0.3, 0.4) is 0 Å². The second-order valence-corrected chi connectivity index (χ2v) is 9.84. The highest BCUT2D eigenvalue weighted by molar-refractivity contribution is 7.92. The number of hydrogen-bond donors (Lipinski definition) is 1. The number of halogens is 2. The van der Waals surface area contributed by atoms with Gasteiger partial charge in [0.2, 0.25) is 0 Å². The van der Waals surface area contributed by atoms with Crippen LogP contribution in [0.5, 0.6) is 5.75 Å². The van der Waals surface area contributed by atoms with Crippen LogP contribution in [0.15, 0.2) is 87.2 Å². The average Bonchev–Trinajstić information content (AvgIpc) is 3.38. The van der Waals surface area contributed by atoms with Gasteiger partial charge < -0.3 is 9.26 Å². The van der Waals surface area contributed by atoms with E-state index in [1.807, 2.05) is 0 Å². The van der Waals surface area contributed by atoms with Gasteiger partial charge in [-0.05, 0) is 42.8 Å². The van der Waals surface area contributed by atoms with Gasteiger partial charge in [0, 0.05) is 34.7 Å². The van der Waals surface area contributed by atoms with Crippen molar-refractivity contribution in [3.8, 4) is 22.6 Å². The predicted molar refractivity (Wildman–Crippen MR) is 133 cm³/mol. The summed E-state index contributed by atoms with van der Waals surface area (Å²) in [7, 11) is -2.66. The van der Waals surface area contributed by atoms with Gasteiger partial charge in [-0.15, -0.1) is 0 Å². The van der Waals surface area contributed by atoms with Crippen molar-refractivity contribution in [1.29, 1.82) is 0 Å². The summed E-state index contributed by atoms with van der Waals surface area (Å²) in [6, 6.07) is 15.2. The number of aryl methyl sites for hydroxylation is 1. The van der Waals surface area contributed by atoms with Crippen molar-refractivity contribution < 1.29 is 26.5 Å². The van der Waals surface area contributed by atoms with E-state index in [9.17, 15) is 17.6 Å². The third kappa shape index (κ3) is 4.33. The Morgan fingerprint density at radius 3 is 2.54 bits per heavy atom. The van der Waals surface area contributed by atoms with Crippen LogP contribution < -0.4 is 15.0 Å². The number of sulfonamides is 1. The summed E-state index contributed by atoms with van der Waals surface area (Å²) in [5.41, 5.74) is 0.262. The minimum atomic E-state index is -4.01. The van der Waals surface area contributed by atoms with E-state index < -0.39 is 27.2 Å². The van der Waals surface area contributed by atoms with Gasteiger partial charge in [0.05, 0.1) is 23.2 Å². The van der Waals surface area contributed by atoms with Crippen LogP contribution >= 0.6 is 0 Å². The lowest BCUT2D eigenvalue weighted by Crippen LogP contribution is -2.19. The van der Waals surface area contributed by atoms with Gasteiger partial charge in [-0.3, -0.25) is 14.1 Å². The Labute approximate surface area is 209 Å². The van der Waals surface area contributed by atoms with E-state index in [4.69, 9.17) is 4.74 Å². The van der Waals surface area contributed by atoms with Crippen LogP contribution in [0.2, 0.25) is 0 Å². The molecule has 2 aromatic heterocycles. The summed E-state index contributed by atoms with van der Waals surface area (Å²) in [5.74, 6) is -1.20. The predicted octanol–water partition coefficient (Wildman–Crippen LogP) is 5.04. The number of benzene rings is 3. The van der Waals surface area contributed by atoms with Gasteiger partial charge in [-0.25, -0.2) is 17.2 Å². The Balaban J connectivity index is 1.66. The van der Waals surface area contributed by atoms with Gasteiger partial charge >= 0.3 is 0 Å². The number of anilines is 1. The smallest absolute Gasteiger partial charge is 0.263 e. The number of methoxy groups -OCH3 is 1. The van der Waals surface area contributed by atoms with Crippen LogP contribution in [0.25, 0.3) is 27.7 Å². The largest absolute Gasteiger partial charge is 0.495 e. The number of rotatable bonds is 6. The molecular weight excluding hydrogens is 504 g/mol. The number of hydrogen-bond acceptors (Lipinski definition) is 6. The van der Waals surface area contributed by atoms with E-state index in [0.29, 0.717) is 16.5 Å². The number of pyridine rings is 1. The maximum Gasteiger partial charge on any atom is 0.263 e. The molecule has 0 bridgehead atoms. The summed E-state index contributed by atoms with van der Waals surface area (Å²) in [6.07, 6.45) is 1.22. The van der Waals surface area contributed by atoms with Gasteiger partial charge in [0.1, 0.15) is 23.6 Å². The first-order chi connectivity index (χ1) is 17.7. The first-order valence-corrected chi connectivity index (χ1v) is 12.4. The Morgan fingerprint density at radius 2 is 1.81 bits per heavy atom. The SMILES string of the molecule is COc1cc(-c2cccc(C)c2F)c(F)cc1-n1c(=O)ccc2cc(S(=O)(=O)Nc3ccon3)ccc21. The van der Waals surface area contributed by atoms with Gasteiger partial charge in [-0.1, -0.05) is 23.4 Å². The summed E-state index contributed by atoms with van der Waals surface area (Å²) in [4.78, 5) is 12.8. The molecule has 8 nitrogen and oxygen atoms in total. The van der Waals surface area contributed by atoms with E-state index in [2.05, 4.69) is 14.4 Å². The van der Waals surface area contributed by atoms with Crippen LogP contribution in [-0.4, -0.2) is 25.3 Å². The molecule has 0 spiro atoms. The quantitative estimate of drug-likeness (QED) is 0.334. The van der Waals surface area contributed by atoms with Crippen LogP contribution in [-0.2, 0) is 10.0 Å². The molecule has 2 heterocycles. The number of nitrogens with zero attached hydrogens (tertiary/aromatic N) is 2. The van der Waals surface area contributed by atoms with E-state index in [1.165, 1.54) is 66.5 Å². The first kappa shape index (κ1) is 24.2. The van der Waals surface area contributed by atoms with Crippen molar-refractivity contribution in [1.82, 2.24) is 9.72 Å². The molecule has 0 aliphatic heterocycles. The number of nitrogens with one attached hydrogen (secondary N) is 1. The second kappa shape index (κ2) is 9.17. The second-order valence-electron chi connectivity index (χ2n) is 8.16. The normalized spacial score (nSPS) is 11.6. The average molecular weight is 524 g/mol. The highest BCUT2D eigenvalue weighted by atomic mass is 32.2. The molecule has 3 aromatic carbocycles. The van der Waals surface area contributed by atoms with Crippen LogP contribution in [0.4, 0.5) is 14.6 Å². The van der Waals surface area contributed by atoms with Crippen LogP contribution in [0.1, 0.15) is 5.56 Å². The van der Waals surface area contributed by atoms with E-state index in [0.717, 1.165) is 6.07 Å². The Morgan fingerprint density at radius 1 is 1.00 bits per heavy atom. The maximum absolute atomic E-state index is 15.3. The molecule has 5 aromatic rings. The van der Waals surface area contributed by atoms with Gasteiger partial charge in [0.15, 0.2) is 5.82 Å². The fraction of sp³-hybridized carbons (Fsp3) is 0.0769. The molecule has 0 saturated heterocycles. The zero-order valence-electron chi connectivity index (χ0n) is 19.5. The molecule has 0 saturated carbocycles. The molecule has 0 atom stereocenters. The highest BCUT2D eigenvalue weighted by Crippen LogP contribution is 2.35. The fourth-order valence-corrected chi connectivity index (χ4v) is 5.07. The van der Waals surface area contributed by atoms with Crippen molar-refractivity contribution in [3.05, 3.63) is 101 Å². The zero-order valence-corrected chi connectivity index (χ0v) is 20.3. The minimum Gasteiger partial charge on any atom is -0.495 e. The lowest BCUT2D eigenvalue weighted by molar-refractivity contribution is 0.412. The van der Waals surface area contributed by atoms with Gasteiger partial charge in [0.25, 0.3) is 15.6 Å². The molecule has 1 N–H and O–H groups in total. The van der Waals surface area contributed by atoms with Crippen molar-refractivity contribution in [3.63, 3.8) is 0 Å². The maximum atomic E-state index is 15.3. The molecule has 0 aliphatic rings. The lowest BCUT2D eigenvalue weighted by atomic mass is 10.0. The third-order valence-corrected chi connectivity index (χ3v) is 7.20. The standard InChI is InChI=1S/C26H19F2N3O5S/c1-15-4-3-5-18(26(15)28)19-13-23(35-2)22(14-20(19)27)31-21-8-7-17(12-16(21)6-9-25(31)32)37(33,34)30-24-10-11-36-29-24/h3-14H,1-2H3,(H,29,30). The molecule has 0 radical (unpaired) electrons. The number of fused-ring (bicyclic) bond motifs is 1. The molecular formula is C26H19F2N3O5S. The van der Waals surface area contributed by atoms with E-state index in [-0.39, 0.29) is 33.3 Å². The molecule has 0 unspecified atom stereocenters. The summed E-state index contributed by atoms with van der Waals surface area (Å²) in [6.45, 7) is 1.58. The van der Waals surface area contributed by atoms with E-state index in [1.54, 1.807) is 19.1 Å². The fourth-order valence-electron chi connectivity index (χ4n) is 4.04. The number of ether oxygens (including phenoxy) is 1. The third-order valence-electron chi connectivity index (χ3n) is 5.84. The molecule has 0 aliphatic carbocycles. The first-order valence-electron chi connectivity index (χ1n) is 10.9. The molecule has 0 amide bonds. The zero-order chi connectivity index (χ0) is 26.3. The summed E-state index contributed by atoms with van der Waals surface area (Å²) < 4.78 is 69.2. The molecule has 188 valence electrons. The van der Waals surface area contributed by atoms with Crippen molar-refractivity contribution >= 4 is 26.7 Å². The topological polar surface area (TPSA) is 103 Å². The monoisotopic (exact) mass is 523 g/mol.